The number of nitrogen functional groups attached to an aromatic ring is 1. The molecule has 8 nitrogen and oxygen atoms in total. The molecule has 0 radical (unpaired) electrons. The van der Waals surface area contributed by atoms with Crippen LogP contribution >= 0.6 is 11.8 Å². The fourth-order valence-electron chi connectivity index (χ4n) is 2.81. The summed E-state index contributed by atoms with van der Waals surface area (Å²) in [4.78, 5) is 20.9. The lowest BCUT2D eigenvalue weighted by atomic mass is 10.2. The number of carbonyl (C=O) groups excluding carboxylic acids is 1. The number of nitrogens with two attached hydrogens (primary N) is 1. The molecule has 0 aliphatic heterocycles. The molecule has 3 rings (SSSR count). The summed E-state index contributed by atoms with van der Waals surface area (Å²) >= 11 is 1.19. The van der Waals surface area contributed by atoms with Crippen LogP contribution in [-0.2, 0) is 11.3 Å². The second kappa shape index (κ2) is 8.19. The van der Waals surface area contributed by atoms with Gasteiger partial charge in [-0.2, -0.15) is 5.26 Å². The summed E-state index contributed by atoms with van der Waals surface area (Å²) in [6.07, 6.45) is 1.59. The molecule has 0 fully saturated rings. The molecule has 3 aromatic rings. The Bertz CT molecular complexity index is 1030. The lowest BCUT2D eigenvalue weighted by Crippen LogP contribution is -2.18. The van der Waals surface area contributed by atoms with Crippen molar-refractivity contribution in [2.75, 3.05) is 16.8 Å². The fraction of sp³-hybridized carbons (Fsp3) is 0.263. The summed E-state index contributed by atoms with van der Waals surface area (Å²) < 4.78 is 7.29. The molecule has 0 bridgehead atoms. The van der Waals surface area contributed by atoms with E-state index in [1.165, 1.54) is 11.8 Å². The quantitative estimate of drug-likeness (QED) is 0.485. The maximum atomic E-state index is 12.5. The van der Waals surface area contributed by atoms with E-state index in [4.69, 9.17) is 10.2 Å². The summed E-state index contributed by atoms with van der Waals surface area (Å²) in [5.41, 5.74) is 8.62. The Balaban J connectivity index is 1.79. The van der Waals surface area contributed by atoms with Crippen LogP contribution in [-0.4, -0.2) is 26.2 Å². The lowest BCUT2D eigenvalue weighted by Gasteiger charge is -2.12. The highest BCUT2D eigenvalue weighted by Gasteiger charge is 2.20. The number of rotatable bonds is 6. The number of thioether (sulfide) groups is 1. The van der Waals surface area contributed by atoms with Gasteiger partial charge in [0.15, 0.2) is 5.16 Å². The first-order chi connectivity index (χ1) is 13.4. The molecule has 0 saturated carbocycles. The third-order valence-electron chi connectivity index (χ3n) is 4.28. The van der Waals surface area contributed by atoms with E-state index in [1.807, 2.05) is 31.4 Å². The number of aromatic nitrogens is 3. The minimum absolute atomic E-state index is 0.0950. The third kappa shape index (κ3) is 4.18. The van der Waals surface area contributed by atoms with Crippen LogP contribution in [0.2, 0.25) is 0 Å². The van der Waals surface area contributed by atoms with Crippen LogP contribution < -0.4 is 11.1 Å². The monoisotopic (exact) mass is 396 g/mol. The summed E-state index contributed by atoms with van der Waals surface area (Å²) in [5, 5.41) is 12.9. The van der Waals surface area contributed by atoms with Crippen LogP contribution in [0.5, 0.6) is 0 Å². The fourth-order valence-corrected chi connectivity index (χ4v) is 3.52. The summed E-state index contributed by atoms with van der Waals surface area (Å²) in [6, 6.07) is 7.50. The maximum absolute atomic E-state index is 12.5. The van der Waals surface area contributed by atoms with Crippen LogP contribution in [0.4, 0.5) is 11.6 Å². The molecule has 28 heavy (non-hydrogen) atoms. The van der Waals surface area contributed by atoms with E-state index in [0.29, 0.717) is 28.9 Å². The topological polar surface area (TPSA) is 123 Å². The highest BCUT2D eigenvalue weighted by Crippen LogP contribution is 2.28. The smallest absolute Gasteiger partial charge is 0.235 e. The van der Waals surface area contributed by atoms with Crippen molar-refractivity contribution in [3.63, 3.8) is 0 Å². The molecule has 3 aromatic heterocycles. The van der Waals surface area contributed by atoms with Crippen LogP contribution in [0, 0.1) is 32.1 Å². The molecule has 0 spiro atoms. The Morgan fingerprint density at radius 2 is 2.18 bits per heavy atom. The number of nitrogens with one attached hydrogen (secondary N) is 1. The van der Waals surface area contributed by atoms with E-state index in [9.17, 15) is 10.1 Å². The van der Waals surface area contributed by atoms with E-state index in [-0.39, 0.29) is 11.7 Å². The molecule has 144 valence electrons. The van der Waals surface area contributed by atoms with Crippen molar-refractivity contribution in [3.8, 4) is 6.07 Å². The van der Waals surface area contributed by atoms with Crippen molar-refractivity contribution in [1.82, 2.24) is 14.5 Å². The minimum atomic E-state index is -0.261. The molecular formula is C19H20N6O2S. The minimum Gasteiger partial charge on any atom is -0.467 e. The number of amides is 1. The predicted molar refractivity (Wildman–Crippen MR) is 107 cm³/mol. The molecule has 0 atom stereocenters. The van der Waals surface area contributed by atoms with Gasteiger partial charge in [-0.15, -0.1) is 0 Å². The molecule has 0 aromatic carbocycles. The first-order valence-corrected chi connectivity index (χ1v) is 9.53. The Morgan fingerprint density at radius 1 is 1.39 bits per heavy atom. The van der Waals surface area contributed by atoms with Crippen molar-refractivity contribution in [2.45, 2.75) is 32.5 Å². The molecule has 0 aliphatic carbocycles. The van der Waals surface area contributed by atoms with E-state index in [2.05, 4.69) is 21.4 Å². The number of anilines is 2. The van der Waals surface area contributed by atoms with Crippen molar-refractivity contribution in [2.24, 2.45) is 0 Å². The molecule has 3 heterocycles. The van der Waals surface area contributed by atoms with Crippen LogP contribution in [0.15, 0.2) is 34.0 Å². The van der Waals surface area contributed by atoms with E-state index >= 15 is 0 Å². The number of aryl methyl sites for hydroxylation is 1. The second-order valence-electron chi connectivity index (χ2n) is 6.26. The molecule has 3 N–H and O–H groups in total. The molecule has 1 amide bonds. The number of hydrogen-bond donors (Lipinski definition) is 2. The first-order valence-electron chi connectivity index (χ1n) is 8.55. The second-order valence-corrected chi connectivity index (χ2v) is 7.21. The summed E-state index contributed by atoms with van der Waals surface area (Å²) in [7, 11) is 0. The number of furan rings is 1. The van der Waals surface area contributed by atoms with Crippen LogP contribution in [0.1, 0.15) is 28.3 Å². The third-order valence-corrected chi connectivity index (χ3v) is 5.13. The number of carbonyl (C=O) groups is 1. The van der Waals surface area contributed by atoms with E-state index < -0.39 is 0 Å². The summed E-state index contributed by atoms with van der Waals surface area (Å²) in [6.45, 7) is 6.00. The van der Waals surface area contributed by atoms with Gasteiger partial charge in [0, 0.05) is 17.5 Å². The lowest BCUT2D eigenvalue weighted by molar-refractivity contribution is -0.113. The number of nitrogens with zero attached hydrogens (tertiary/aromatic N) is 4. The van der Waals surface area contributed by atoms with Gasteiger partial charge in [0.05, 0.1) is 24.1 Å². The van der Waals surface area contributed by atoms with Gasteiger partial charge in [-0.25, -0.2) is 9.97 Å². The van der Waals surface area contributed by atoms with Gasteiger partial charge in [0.1, 0.15) is 23.5 Å². The van der Waals surface area contributed by atoms with Crippen molar-refractivity contribution in [1.29, 1.82) is 5.26 Å². The zero-order valence-corrected chi connectivity index (χ0v) is 16.6. The molecular weight excluding hydrogens is 376 g/mol. The van der Waals surface area contributed by atoms with Gasteiger partial charge in [-0.05, 0) is 38.5 Å². The predicted octanol–water partition coefficient (Wildman–Crippen LogP) is 3.03. The average molecular weight is 396 g/mol. The molecule has 0 saturated heterocycles. The average Bonchev–Trinajstić information content (AvgIpc) is 3.22. The van der Waals surface area contributed by atoms with Gasteiger partial charge in [-0.3, -0.25) is 4.79 Å². The molecule has 0 aliphatic rings. The Labute approximate surface area is 166 Å². The van der Waals surface area contributed by atoms with Gasteiger partial charge >= 0.3 is 0 Å². The van der Waals surface area contributed by atoms with Gasteiger partial charge in [0.2, 0.25) is 5.91 Å². The van der Waals surface area contributed by atoms with E-state index in [0.717, 1.165) is 22.7 Å². The largest absolute Gasteiger partial charge is 0.467 e. The maximum Gasteiger partial charge on any atom is 0.235 e. The highest BCUT2D eigenvalue weighted by molar-refractivity contribution is 7.99. The van der Waals surface area contributed by atoms with Crippen molar-refractivity contribution < 1.29 is 9.21 Å². The van der Waals surface area contributed by atoms with Gasteiger partial charge < -0.3 is 20.0 Å². The zero-order chi connectivity index (χ0) is 20.3. The first kappa shape index (κ1) is 19.5. The summed E-state index contributed by atoms with van der Waals surface area (Å²) in [5.74, 6) is 1.39. The van der Waals surface area contributed by atoms with Crippen LogP contribution in [0.25, 0.3) is 0 Å². The van der Waals surface area contributed by atoms with E-state index in [1.54, 1.807) is 18.4 Å². The number of nitriles is 1. The SMILES string of the molecule is Cc1cc(N)nc(SCC(=O)Nc2c(C#N)c(C)c(C)n2Cc2ccco2)n1. The van der Waals surface area contributed by atoms with Gasteiger partial charge in [0.25, 0.3) is 0 Å². The Hall–Kier alpha value is -3.25. The van der Waals surface area contributed by atoms with Crippen molar-refractivity contribution >= 4 is 29.3 Å². The highest BCUT2D eigenvalue weighted by atomic mass is 32.2. The Morgan fingerprint density at radius 3 is 2.82 bits per heavy atom. The van der Waals surface area contributed by atoms with Crippen LogP contribution in [0.3, 0.4) is 0 Å². The van der Waals surface area contributed by atoms with Gasteiger partial charge in [-0.1, -0.05) is 11.8 Å². The molecule has 0 unspecified atom stereocenters. The normalized spacial score (nSPS) is 10.6. The standard InChI is InChI=1S/C19H20N6O2S/c1-11-7-16(21)23-19(22-11)28-10-17(26)24-18-15(8-20)12(2)13(3)25(18)9-14-5-4-6-27-14/h4-7H,9-10H2,1-3H3,(H,24,26)(H2,21,22,23). The Kier molecular flexibility index (Phi) is 5.70. The molecule has 9 heteroatoms. The zero-order valence-electron chi connectivity index (χ0n) is 15.8. The number of hydrogen-bond acceptors (Lipinski definition) is 7. The van der Waals surface area contributed by atoms with Crippen molar-refractivity contribution in [3.05, 3.63) is 52.7 Å².